The number of hydrogen-bond donors (Lipinski definition) is 2. The molecule has 0 aliphatic heterocycles. The number of hydrogen-bond acceptors (Lipinski definition) is 7. The third kappa shape index (κ3) is 5.30. The number of sulfone groups is 1. The zero-order valence-corrected chi connectivity index (χ0v) is 18.1. The van der Waals surface area contributed by atoms with Gasteiger partial charge >= 0.3 is 0 Å². The van der Waals surface area contributed by atoms with E-state index in [2.05, 4.69) is 15.3 Å². The standard InChI is InChI=1S/C20H18FN3O5S2/c1-12-9-15(7-8-16(12)21)31(27,28)17-10-22-20(24-19(17)26)30-11-18(25)23-13-3-5-14(29-2)6-4-13/h3-10H,11H2,1-2H3,(H,23,25)(H,22,24,26). The summed E-state index contributed by atoms with van der Waals surface area (Å²) in [5.74, 6) is -0.292. The van der Waals surface area contributed by atoms with Crippen LogP contribution in [0.2, 0.25) is 0 Å². The lowest BCUT2D eigenvalue weighted by Crippen LogP contribution is -2.20. The van der Waals surface area contributed by atoms with Gasteiger partial charge in [-0.3, -0.25) is 9.59 Å². The molecule has 8 nitrogen and oxygen atoms in total. The largest absolute Gasteiger partial charge is 0.497 e. The summed E-state index contributed by atoms with van der Waals surface area (Å²) in [6, 6.07) is 10.0. The number of aryl methyl sites for hydroxylation is 1. The molecule has 0 aliphatic carbocycles. The van der Waals surface area contributed by atoms with Crippen LogP contribution in [0.5, 0.6) is 5.75 Å². The van der Waals surface area contributed by atoms with Gasteiger partial charge in [-0.2, -0.15) is 0 Å². The Morgan fingerprint density at radius 2 is 1.94 bits per heavy atom. The van der Waals surface area contributed by atoms with Crippen LogP contribution < -0.4 is 15.6 Å². The Balaban J connectivity index is 1.69. The predicted molar refractivity (Wildman–Crippen MR) is 114 cm³/mol. The number of halogens is 1. The molecule has 0 radical (unpaired) electrons. The summed E-state index contributed by atoms with van der Waals surface area (Å²) in [7, 11) is -2.64. The quantitative estimate of drug-likeness (QED) is 0.314. The molecule has 1 amide bonds. The summed E-state index contributed by atoms with van der Waals surface area (Å²) >= 11 is 0.941. The summed E-state index contributed by atoms with van der Waals surface area (Å²) in [5.41, 5.74) is -0.167. The molecule has 1 aromatic heterocycles. The smallest absolute Gasteiger partial charge is 0.270 e. The molecule has 0 atom stereocenters. The molecule has 0 saturated heterocycles. The van der Waals surface area contributed by atoms with Gasteiger partial charge < -0.3 is 15.0 Å². The van der Waals surface area contributed by atoms with Gasteiger partial charge in [0.25, 0.3) is 5.56 Å². The lowest BCUT2D eigenvalue weighted by molar-refractivity contribution is -0.113. The molecule has 2 aromatic carbocycles. The van der Waals surface area contributed by atoms with E-state index < -0.39 is 26.1 Å². The number of nitrogens with zero attached hydrogens (tertiary/aromatic N) is 1. The number of rotatable bonds is 7. The molecule has 0 saturated carbocycles. The predicted octanol–water partition coefficient (Wildman–Crippen LogP) is 2.79. The molecule has 1 heterocycles. The van der Waals surface area contributed by atoms with E-state index in [1.54, 1.807) is 24.3 Å². The highest BCUT2D eigenvalue weighted by atomic mass is 32.2. The first-order valence-corrected chi connectivity index (χ1v) is 11.3. The fourth-order valence-electron chi connectivity index (χ4n) is 2.55. The maximum atomic E-state index is 13.4. The van der Waals surface area contributed by atoms with Crippen LogP contribution in [-0.2, 0) is 14.6 Å². The van der Waals surface area contributed by atoms with E-state index in [-0.39, 0.29) is 27.3 Å². The summed E-state index contributed by atoms with van der Waals surface area (Å²) in [4.78, 5) is 29.9. The highest BCUT2D eigenvalue weighted by Gasteiger charge is 2.23. The zero-order chi connectivity index (χ0) is 22.6. The summed E-state index contributed by atoms with van der Waals surface area (Å²) in [6.45, 7) is 1.42. The molecule has 11 heteroatoms. The number of anilines is 1. The summed E-state index contributed by atoms with van der Waals surface area (Å²) in [6.07, 6.45) is 0.927. The molecular weight excluding hydrogens is 445 g/mol. The number of nitrogens with one attached hydrogen (secondary N) is 2. The third-order valence-electron chi connectivity index (χ3n) is 4.19. The van der Waals surface area contributed by atoms with Crippen molar-refractivity contribution in [3.8, 4) is 5.75 Å². The second-order valence-corrected chi connectivity index (χ2v) is 9.24. The lowest BCUT2D eigenvalue weighted by atomic mass is 10.2. The van der Waals surface area contributed by atoms with E-state index in [1.165, 1.54) is 14.0 Å². The number of thioether (sulfide) groups is 1. The maximum absolute atomic E-state index is 13.4. The molecule has 0 aliphatic rings. The number of H-pyrrole nitrogens is 1. The zero-order valence-electron chi connectivity index (χ0n) is 16.5. The minimum atomic E-state index is -4.18. The van der Waals surface area contributed by atoms with Gasteiger partial charge in [0.05, 0.1) is 24.0 Å². The highest BCUT2D eigenvalue weighted by Crippen LogP contribution is 2.21. The van der Waals surface area contributed by atoms with Crippen LogP contribution in [-0.4, -0.2) is 37.2 Å². The van der Waals surface area contributed by atoms with E-state index in [0.717, 1.165) is 36.2 Å². The van der Waals surface area contributed by atoms with Crippen LogP contribution in [0.3, 0.4) is 0 Å². The van der Waals surface area contributed by atoms with Crippen molar-refractivity contribution < 1.29 is 22.3 Å². The maximum Gasteiger partial charge on any atom is 0.270 e. The van der Waals surface area contributed by atoms with Crippen LogP contribution in [0.4, 0.5) is 10.1 Å². The van der Waals surface area contributed by atoms with E-state index in [4.69, 9.17) is 4.74 Å². The van der Waals surface area contributed by atoms with E-state index >= 15 is 0 Å². The Morgan fingerprint density at radius 1 is 1.23 bits per heavy atom. The summed E-state index contributed by atoms with van der Waals surface area (Å²) < 4.78 is 43.8. The third-order valence-corrected chi connectivity index (χ3v) is 6.82. The lowest BCUT2D eigenvalue weighted by Gasteiger charge is -2.07. The first-order valence-electron chi connectivity index (χ1n) is 8.88. The molecule has 162 valence electrons. The van der Waals surface area contributed by atoms with Crippen LogP contribution in [0, 0.1) is 12.7 Å². The highest BCUT2D eigenvalue weighted by molar-refractivity contribution is 7.99. The van der Waals surface area contributed by atoms with Crippen LogP contribution in [0.15, 0.2) is 68.4 Å². The van der Waals surface area contributed by atoms with Gasteiger partial charge in [-0.15, -0.1) is 0 Å². The number of carbonyl (C=O) groups excluding carboxylic acids is 1. The van der Waals surface area contributed by atoms with Gasteiger partial charge in [-0.1, -0.05) is 11.8 Å². The van der Waals surface area contributed by atoms with Crippen LogP contribution in [0.25, 0.3) is 0 Å². The van der Waals surface area contributed by atoms with Crippen LogP contribution >= 0.6 is 11.8 Å². The Morgan fingerprint density at radius 3 is 2.55 bits per heavy atom. The Hall–Kier alpha value is -3.18. The first-order chi connectivity index (χ1) is 14.7. The topological polar surface area (TPSA) is 118 Å². The van der Waals surface area contributed by atoms with E-state index in [1.807, 2.05) is 0 Å². The molecule has 3 aromatic rings. The first kappa shape index (κ1) is 22.5. The minimum Gasteiger partial charge on any atom is -0.497 e. The average molecular weight is 464 g/mol. The number of carbonyl (C=O) groups is 1. The van der Waals surface area contributed by atoms with Crippen molar-refractivity contribution in [1.82, 2.24) is 9.97 Å². The Labute approximate surface area is 181 Å². The molecule has 0 bridgehead atoms. The van der Waals surface area contributed by atoms with Gasteiger partial charge in [0.2, 0.25) is 15.7 Å². The number of amides is 1. The van der Waals surface area contributed by atoms with Crippen molar-refractivity contribution in [2.24, 2.45) is 0 Å². The van der Waals surface area contributed by atoms with Crippen LogP contribution in [0.1, 0.15) is 5.56 Å². The summed E-state index contributed by atoms with van der Waals surface area (Å²) in [5, 5.41) is 2.77. The molecule has 0 unspecified atom stereocenters. The normalized spacial score (nSPS) is 11.2. The van der Waals surface area contributed by atoms with Crippen molar-refractivity contribution >= 4 is 33.2 Å². The molecular formula is C20H18FN3O5S2. The number of ether oxygens (including phenoxy) is 1. The van der Waals surface area contributed by atoms with Crippen molar-refractivity contribution in [2.45, 2.75) is 21.9 Å². The molecule has 0 fully saturated rings. The second-order valence-electron chi connectivity index (χ2n) is 6.36. The molecule has 2 N–H and O–H groups in total. The number of methoxy groups -OCH3 is 1. The van der Waals surface area contributed by atoms with Crippen molar-refractivity contribution in [1.29, 1.82) is 0 Å². The van der Waals surface area contributed by atoms with Crippen molar-refractivity contribution in [2.75, 3.05) is 18.2 Å². The van der Waals surface area contributed by atoms with Gasteiger partial charge in [0, 0.05) is 5.69 Å². The van der Waals surface area contributed by atoms with Gasteiger partial charge in [0.1, 0.15) is 11.6 Å². The Bertz CT molecular complexity index is 1270. The Kier molecular flexibility index (Phi) is 6.76. The second kappa shape index (κ2) is 9.31. The van der Waals surface area contributed by atoms with Crippen molar-refractivity contribution in [3.05, 3.63) is 70.4 Å². The van der Waals surface area contributed by atoms with Gasteiger partial charge in [0.15, 0.2) is 10.1 Å². The minimum absolute atomic E-state index is 0.0573. The van der Waals surface area contributed by atoms with E-state index in [9.17, 15) is 22.4 Å². The fourth-order valence-corrected chi connectivity index (χ4v) is 4.50. The fraction of sp³-hybridized carbons (Fsp3) is 0.150. The van der Waals surface area contributed by atoms with Gasteiger partial charge in [-0.25, -0.2) is 17.8 Å². The number of aromatic amines is 1. The SMILES string of the molecule is COc1ccc(NC(=O)CSc2ncc(S(=O)(=O)c3ccc(F)c(C)c3)c(=O)[nH]2)cc1. The average Bonchev–Trinajstić information content (AvgIpc) is 2.74. The monoisotopic (exact) mass is 463 g/mol. The van der Waals surface area contributed by atoms with Gasteiger partial charge in [-0.05, 0) is 55.0 Å². The molecule has 31 heavy (non-hydrogen) atoms. The molecule has 3 rings (SSSR count). The number of aromatic nitrogens is 2. The van der Waals surface area contributed by atoms with E-state index in [0.29, 0.717) is 11.4 Å². The van der Waals surface area contributed by atoms with Crippen molar-refractivity contribution in [3.63, 3.8) is 0 Å². The molecule has 0 spiro atoms. The number of benzene rings is 2.